The van der Waals surface area contributed by atoms with Crippen molar-refractivity contribution in [3.63, 3.8) is 0 Å². The molecule has 4 heteroatoms. The summed E-state index contributed by atoms with van der Waals surface area (Å²) in [5, 5.41) is 0. The lowest BCUT2D eigenvalue weighted by atomic mass is 10.1. The predicted octanol–water partition coefficient (Wildman–Crippen LogP) is 2.31. The van der Waals surface area contributed by atoms with E-state index >= 15 is 0 Å². The number of amides is 1. The number of nitrogens with zero attached hydrogens (tertiary/aromatic N) is 3. The third-order valence-electron chi connectivity index (χ3n) is 3.87. The molecule has 0 saturated carbocycles. The fourth-order valence-electron chi connectivity index (χ4n) is 2.59. The summed E-state index contributed by atoms with van der Waals surface area (Å²) in [6.45, 7) is 6.82. The molecule has 0 spiro atoms. The van der Waals surface area contributed by atoms with Crippen molar-refractivity contribution in [2.24, 2.45) is 0 Å². The van der Waals surface area contributed by atoms with Crippen LogP contribution in [-0.4, -0.2) is 46.9 Å². The van der Waals surface area contributed by atoms with E-state index in [4.69, 9.17) is 0 Å². The van der Waals surface area contributed by atoms with Crippen molar-refractivity contribution >= 4 is 5.91 Å². The van der Waals surface area contributed by atoms with E-state index in [0.717, 1.165) is 52.0 Å². The molecular weight excluding hydrogens is 250 g/mol. The van der Waals surface area contributed by atoms with E-state index in [1.54, 1.807) is 0 Å². The maximum Gasteiger partial charge on any atom is 0.222 e. The van der Waals surface area contributed by atoms with Crippen LogP contribution in [0.25, 0.3) is 0 Å². The highest BCUT2D eigenvalue weighted by Gasteiger charge is 2.20. The second-order valence-corrected chi connectivity index (χ2v) is 5.47. The van der Waals surface area contributed by atoms with E-state index < -0.39 is 0 Å². The van der Waals surface area contributed by atoms with Crippen LogP contribution in [0.4, 0.5) is 0 Å². The van der Waals surface area contributed by atoms with Crippen molar-refractivity contribution in [3.05, 3.63) is 30.1 Å². The highest BCUT2D eigenvalue weighted by atomic mass is 16.2. The first kappa shape index (κ1) is 15.0. The van der Waals surface area contributed by atoms with Gasteiger partial charge in [0.25, 0.3) is 0 Å². The molecule has 110 valence electrons. The molecule has 0 bridgehead atoms. The summed E-state index contributed by atoms with van der Waals surface area (Å²) in [7, 11) is 0. The van der Waals surface area contributed by atoms with Gasteiger partial charge >= 0.3 is 0 Å². The Morgan fingerprint density at radius 2 is 1.85 bits per heavy atom. The number of piperazine rings is 1. The Labute approximate surface area is 121 Å². The first-order valence-corrected chi connectivity index (χ1v) is 7.68. The Bertz CT molecular complexity index is 399. The van der Waals surface area contributed by atoms with Gasteiger partial charge in [0.15, 0.2) is 0 Å². The molecule has 1 aliphatic heterocycles. The van der Waals surface area contributed by atoms with E-state index in [0.29, 0.717) is 5.91 Å². The zero-order chi connectivity index (χ0) is 14.2. The SMILES string of the molecule is CCCCCC(=O)N1CCN(Cc2ccncc2)CC1. The fraction of sp³-hybridized carbons (Fsp3) is 0.625. The summed E-state index contributed by atoms with van der Waals surface area (Å²) in [6.07, 6.45) is 7.76. The van der Waals surface area contributed by atoms with Crippen LogP contribution in [0, 0.1) is 0 Å². The number of rotatable bonds is 6. The second kappa shape index (κ2) is 8.00. The van der Waals surface area contributed by atoms with Gasteiger partial charge in [-0.3, -0.25) is 14.7 Å². The Morgan fingerprint density at radius 1 is 1.15 bits per heavy atom. The number of carbonyl (C=O) groups excluding carboxylic acids is 1. The molecule has 1 saturated heterocycles. The molecule has 1 aromatic heterocycles. The number of hydrogen-bond acceptors (Lipinski definition) is 3. The number of unbranched alkanes of at least 4 members (excludes halogenated alkanes) is 2. The molecule has 1 aliphatic rings. The molecule has 1 aromatic rings. The average molecular weight is 275 g/mol. The molecule has 0 aromatic carbocycles. The molecule has 1 amide bonds. The van der Waals surface area contributed by atoms with Crippen molar-refractivity contribution in [2.75, 3.05) is 26.2 Å². The molecule has 0 radical (unpaired) electrons. The molecule has 0 aliphatic carbocycles. The van der Waals surface area contributed by atoms with Gasteiger partial charge in [0, 0.05) is 51.5 Å². The van der Waals surface area contributed by atoms with Gasteiger partial charge in [0.2, 0.25) is 5.91 Å². The summed E-state index contributed by atoms with van der Waals surface area (Å²) >= 11 is 0. The largest absolute Gasteiger partial charge is 0.340 e. The summed E-state index contributed by atoms with van der Waals surface area (Å²) in [5.41, 5.74) is 1.29. The van der Waals surface area contributed by atoms with Gasteiger partial charge in [-0.05, 0) is 24.1 Å². The Kier molecular flexibility index (Phi) is 5.99. The lowest BCUT2D eigenvalue weighted by Gasteiger charge is -2.34. The van der Waals surface area contributed by atoms with Crippen LogP contribution < -0.4 is 0 Å². The third-order valence-corrected chi connectivity index (χ3v) is 3.87. The van der Waals surface area contributed by atoms with Crippen LogP contribution in [0.2, 0.25) is 0 Å². The molecule has 20 heavy (non-hydrogen) atoms. The van der Waals surface area contributed by atoms with Crippen LogP contribution in [-0.2, 0) is 11.3 Å². The monoisotopic (exact) mass is 275 g/mol. The molecule has 1 fully saturated rings. The molecule has 0 N–H and O–H groups in total. The van der Waals surface area contributed by atoms with E-state index in [1.807, 2.05) is 17.3 Å². The van der Waals surface area contributed by atoms with E-state index in [9.17, 15) is 4.79 Å². The lowest BCUT2D eigenvalue weighted by molar-refractivity contribution is -0.133. The van der Waals surface area contributed by atoms with Gasteiger partial charge < -0.3 is 4.90 Å². The zero-order valence-corrected chi connectivity index (χ0v) is 12.4. The maximum atomic E-state index is 12.0. The summed E-state index contributed by atoms with van der Waals surface area (Å²) in [4.78, 5) is 20.5. The summed E-state index contributed by atoms with van der Waals surface area (Å²) in [6, 6.07) is 4.12. The minimum atomic E-state index is 0.335. The summed E-state index contributed by atoms with van der Waals surface area (Å²) < 4.78 is 0. The van der Waals surface area contributed by atoms with E-state index in [2.05, 4.69) is 28.9 Å². The van der Waals surface area contributed by atoms with Gasteiger partial charge in [0.1, 0.15) is 0 Å². The number of hydrogen-bond donors (Lipinski definition) is 0. The average Bonchev–Trinajstić information content (AvgIpc) is 2.49. The maximum absolute atomic E-state index is 12.0. The van der Waals surface area contributed by atoms with Crippen LogP contribution in [0.5, 0.6) is 0 Å². The van der Waals surface area contributed by atoms with E-state index in [-0.39, 0.29) is 0 Å². The van der Waals surface area contributed by atoms with Gasteiger partial charge in [0.05, 0.1) is 0 Å². The topological polar surface area (TPSA) is 36.4 Å². The Balaban J connectivity index is 1.71. The lowest BCUT2D eigenvalue weighted by Crippen LogP contribution is -2.48. The minimum absolute atomic E-state index is 0.335. The standard InChI is InChI=1S/C16H25N3O/c1-2-3-4-5-16(20)19-12-10-18(11-13-19)14-15-6-8-17-9-7-15/h6-9H,2-5,10-14H2,1H3. The van der Waals surface area contributed by atoms with Crippen molar-refractivity contribution in [2.45, 2.75) is 39.2 Å². The first-order chi connectivity index (χ1) is 9.79. The molecule has 2 heterocycles. The fourth-order valence-corrected chi connectivity index (χ4v) is 2.59. The summed E-state index contributed by atoms with van der Waals surface area (Å²) in [5.74, 6) is 0.335. The normalized spacial score (nSPS) is 16.4. The van der Waals surface area contributed by atoms with Crippen molar-refractivity contribution in [1.29, 1.82) is 0 Å². The first-order valence-electron chi connectivity index (χ1n) is 7.68. The van der Waals surface area contributed by atoms with Crippen molar-refractivity contribution in [3.8, 4) is 0 Å². The van der Waals surface area contributed by atoms with Crippen LogP contribution >= 0.6 is 0 Å². The van der Waals surface area contributed by atoms with Gasteiger partial charge in [-0.15, -0.1) is 0 Å². The highest BCUT2D eigenvalue weighted by molar-refractivity contribution is 5.76. The quantitative estimate of drug-likeness (QED) is 0.748. The Morgan fingerprint density at radius 3 is 2.50 bits per heavy atom. The molecule has 4 nitrogen and oxygen atoms in total. The van der Waals surface area contributed by atoms with Gasteiger partial charge in [-0.25, -0.2) is 0 Å². The number of aromatic nitrogens is 1. The molecular formula is C16H25N3O. The number of pyridine rings is 1. The smallest absolute Gasteiger partial charge is 0.222 e. The van der Waals surface area contributed by atoms with E-state index in [1.165, 1.54) is 12.0 Å². The van der Waals surface area contributed by atoms with Crippen molar-refractivity contribution < 1.29 is 4.79 Å². The van der Waals surface area contributed by atoms with Crippen LogP contribution in [0.3, 0.4) is 0 Å². The van der Waals surface area contributed by atoms with Crippen molar-refractivity contribution in [1.82, 2.24) is 14.8 Å². The molecule has 0 unspecified atom stereocenters. The van der Waals surface area contributed by atoms with Gasteiger partial charge in [-0.1, -0.05) is 19.8 Å². The third kappa shape index (κ3) is 4.60. The van der Waals surface area contributed by atoms with Crippen LogP contribution in [0.15, 0.2) is 24.5 Å². The predicted molar refractivity (Wildman–Crippen MR) is 80.2 cm³/mol. The number of carbonyl (C=O) groups is 1. The second-order valence-electron chi connectivity index (χ2n) is 5.47. The van der Waals surface area contributed by atoms with Crippen LogP contribution in [0.1, 0.15) is 38.2 Å². The minimum Gasteiger partial charge on any atom is -0.340 e. The molecule has 0 atom stereocenters. The Hall–Kier alpha value is -1.42. The molecule has 2 rings (SSSR count). The highest BCUT2D eigenvalue weighted by Crippen LogP contribution is 2.10. The zero-order valence-electron chi connectivity index (χ0n) is 12.4. The van der Waals surface area contributed by atoms with Gasteiger partial charge in [-0.2, -0.15) is 0 Å².